The van der Waals surface area contributed by atoms with Gasteiger partial charge in [-0.1, -0.05) is 19.8 Å². The SMILES string of the molecule is CCCC(=O)N(CCC(=O)OCC)C1CCCC1. The molecule has 0 atom stereocenters. The first-order chi connectivity index (χ1) is 8.69. The predicted molar refractivity (Wildman–Crippen MR) is 70.1 cm³/mol. The van der Waals surface area contributed by atoms with Crippen LogP contribution in [0, 0.1) is 0 Å². The maximum absolute atomic E-state index is 12.1. The minimum atomic E-state index is -0.204. The molecule has 1 aliphatic carbocycles. The molecule has 1 amide bonds. The van der Waals surface area contributed by atoms with E-state index in [-0.39, 0.29) is 11.9 Å². The minimum absolute atomic E-state index is 0.189. The van der Waals surface area contributed by atoms with Gasteiger partial charge in [-0.05, 0) is 26.2 Å². The lowest BCUT2D eigenvalue weighted by atomic mass is 10.1. The number of rotatable bonds is 7. The van der Waals surface area contributed by atoms with Gasteiger partial charge in [0, 0.05) is 19.0 Å². The zero-order valence-electron chi connectivity index (χ0n) is 11.6. The number of ether oxygens (including phenoxy) is 1. The third kappa shape index (κ3) is 4.67. The van der Waals surface area contributed by atoms with E-state index in [0.29, 0.717) is 32.0 Å². The second-order valence-corrected chi connectivity index (χ2v) is 4.83. The van der Waals surface area contributed by atoms with Crippen molar-refractivity contribution in [3.63, 3.8) is 0 Å². The molecule has 0 saturated heterocycles. The first-order valence-electron chi connectivity index (χ1n) is 7.14. The molecule has 0 N–H and O–H groups in total. The number of hydrogen-bond donors (Lipinski definition) is 0. The highest BCUT2D eigenvalue weighted by atomic mass is 16.5. The minimum Gasteiger partial charge on any atom is -0.466 e. The summed E-state index contributed by atoms with van der Waals surface area (Å²) in [5.41, 5.74) is 0. The Balaban J connectivity index is 2.48. The van der Waals surface area contributed by atoms with Crippen molar-refractivity contribution >= 4 is 11.9 Å². The topological polar surface area (TPSA) is 46.6 Å². The molecule has 1 saturated carbocycles. The molecule has 0 spiro atoms. The highest BCUT2D eigenvalue weighted by Crippen LogP contribution is 2.24. The molecule has 1 fully saturated rings. The van der Waals surface area contributed by atoms with Crippen LogP contribution in [0.1, 0.15) is 58.8 Å². The van der Waals surface area contributed by atoms with Crippen LogP contribution in [0.3, 0.4) is 0 Å². The van der Waals surface area contributed by atoms with Crippen LogP contribution in [0.5, 0.6) is 0 Å². The first-order valence-corrected chi connectivity index (χ1v) is 7.14. The predicted octanol–water partition coefficient (Wildman–Crippen LogP) is 2.51. The summed E-state index contributed by atoms with van der Waals surface area (Å²) in [5.74, 6) is -0.0153. The van der Waals surface area contributed by atoms with Gasteiger partial charge in [0.2, 0.25) is 5.91 Å². The summed E-state index contributed by atoms with van der Waals surface area (Å²) in [4.78, 5) is 25.4. The maximum Gasteiger partial charge on any atom is 0.307 e. The van der Waals surface area contributed by atoms with Gasteiger partial charge in [-0.2, -0.15) is 0 Å². The van der Waals surface area contributed by atoms with E-state index in [4.69, 9.17) is 4.74 Å². The van der Waals surface area contributed by atoms with Crippen LogP contribution in [0.25, 0.3) is 0 Å². The van der Waals surface area contributed by atoms with Crippen LogP contribution >= 0.6 is 0 Å². The van der Waals surface area contributed by atoms with Gasteiger partial charge in [0.05, 0.1) is 13.0 Å². The van der Waals surface area contributed by atoms with Crippen molar-refractivity contribution in [2.75, 3.05) is 13.2 Å². The highest BCUT2D eigenvalue weighted by molar-refractivity contribution is 5.77. The Morgan fingerprint density at radius 3 is 2.39 bits per heavy atom. The number of carbonyl (C=O) groups excluding carboxylic acids is 2. The Hall–Kier alpha value is -1.06. The van der Waals surface area contributed by atoms with Gasteiger partial charge in [-0.3, -0.25) is 9.59 Å². The Morgan fingerprint density at radius 1 is 1.17 bits per heavy atom. The van der Waals surface area contributed by atoms with Crippen LogP contribution in [-0.4, -0.2) is 36.0 Å². The Morgan fingerprint density at radius 2 is 1.83 bits per heavy atom. The smallest absolute Gasteiger partial charge is 0.307 e. The molecule has 18 heavy (non-hydrogen) atoms. The van der Waals surface area contributed by atoms with Crippen LogP contribution < -0.4 is 0 Å². The van der Waals surface area contributed by atoms with Gasteiger partial charge < -0.3 is 9.64 Å². The maximum atomic E-state index is 12.1. The summed E-state index contributed by atoms with van der Waals surface area (Å²) in [6.45, 7) is 4.73. The lowest BCUT2D eigenvalue weighted by Gasteiger charge is -2.28. The van der Waals surface area contributed by atoms with Gasteiger partial charge in [0.15, 0.2) is 0 Å². The van der Waals surface area contributed by atoms with Crippen LogP contribution in [0.2, 0.25) is 0 Å². The second-order valence-electron chi connectivity index (χ2n) is 4.83. The summed E-state index contributed by atoms with van der Waals surface area (Å²) in [6, 6.07) is 0.346. The van der Waals surface area contributed by atoms with E-state index >= 15 is 0 Å². The van der Waals surface area contributed by atoms with Crippen molar-refractivity contribution in [1.29, 1.82) is 0 Å². The quantitative estimate of drug-likeness (QED) is 0.657. The molecule has 0 radical (unpaired) electrons. The number of nitrogens with zero attached hydrogens (tertiary/aromatic N) is 1. The zero-order chi connectivity index (χ0) is 13.4. The normalized spacial score (nSPS) is 15.7. The molecular formula is C14H25NO3. The third-order valence-electron chi connectivity index (χ3n) is 3.41. The van der Waals surface area contributed by atoms with E-state index in [1.54, 1.807) is 6.92 Å². The molecule has 1 aliphatic rings. The Bertz CT molecular complexity index is 272. The molecule has 0 unspecified atom stereocenters. The first kappa shape index (κ1) is 15.0. The standard InChI is InChI=1S/C14H25NO3/c1-3-7-13(16)15(12-8-5-6-9-12)11-10-14(17)18-4-2/h12H,3-11H2,1-2H3. The zero-order valence-corrected chi connectivity index (χ0v) is 11.6. The fourth-order valence-corrected chi connectivity index (χ4v) is 2.53. The molecule has 1 rings (SSSR count). The second kappa shape index (κ2) is 8.11. The van der Waals surface area contributed by atoms with E-state index in [0.717, 1.165) is 19.3 Å². The molecular weight excluding hydrogens is 230 g/mol. The van der Waals surface area contributed by atoms with Gasteiger partial charge in [0.25, 0.3) is 0 Å². The molecule has 0 aromatic rings. The number of hydrogen-bond acceptors (Lipinski definition) is 3. The summed E-state index contributed by atoms with van der Waals surface area (Å²) in [7, 11) is 0. The van der Waals surface area contributed by atoms with Crippen LogP contribution in [-0.2, 0) is 14.3 Å². The fraction of sp³-hybridized carbons (Fsp3) is 0.857. The van der Waals surface area contributed by atoms with Crippen molar-refractivity contribution in [3.05, 3.63) is 0 Å². The molecule has 0 aromatic heterocycles. The average molecular weight is 255 g/mol. The van der Waals surface area contributed by atoms with Crippen molar-refractivity contribution in [2.45, 2.75) is 64.8 Å². The monoisotopic (exact) mass is 255 g/mol. The van der Waals surface area contributed by atoms with Gasteiger partial charge in [0.1, 0.15) is 0 Å². The van der Waals surface area contributed by atoms with E-state index < -0.39 is 0 Å². The van der Waals surface area contributed by atoms with Crippen molar-refractivity contribution in [2.24, 2.45) is 0 Å². The lowest BCUT2D eigenvalue weighted by molar-refractivity contribution is -0.144. The molecule has 0 bridgehead atoms. The van der Waals surface area contributed by atoms with E-state index in [9.17, 15) is 9.59 Å². The summed E-state index contributed by atoms with van der Waals surface area (Å²) >= 11 is 0. The molecule has 0 aromatic carbocycles. The molecule has 0 aliphatic heterocycles. The van der Waals surface area contributed by atoms with Gasteiger partial charge in [-0.15, -0.1) is 0 Å². The third-order valence-corrected chi connectivity index (χ3v) is 3.41. The van der Waals surface area contributed by atoms with E-state index in [1.165, 1.54) is 12.8 Å². The van der Waals surface area contributed by atoms with E-state index in [2.05, 4.69) is 0 Å². The molecule has 0 heterocycles. The highest BCUT2D eigenvalue weighted by Gasteiger charge is 2.26. The average Bonchev–Trinajstić information content (AvgIpc) is 2.83. The fourth-order valence-electron chi connectivity index (χ4n) is 2.53. The summed E-state index contributed by atoms with van der Waals surface area (Å²) in [5, 5.41) is 0. The summed E-state index contributed by atoms with van der Waals surface area (Å²) in [6.07, 6.45) is 6.32. The lowest BCUT2D eigenvalue weighted by Crippen LogP contribution is -2.40. The van der Waals surface area contributed by atoms with E-state index in [1.807, 2.05) is 11.8 Å². The van der Waals surface area contributed by atoms with Gasteiger partial charge >= 0.3 is 5.97 Å². The van der Waals surface area contributed by atoms with Crippen molar-refractivity contribution < 1.29 is 14.3 Å². The number of amides is 1. The van der Waals surface area contributed by atoms with Gasteiger partial charge in [-0.25, -0.2) is 0 Å². The Labute approximate surface area is 110 Å². The molecule has 4 heteroatoms. The van der Waals surface area contributed by atoms with Crippen LogP contribution in [0.15, 0.2) is 0 Å². The van der Waals surface area contributed by atoms with Crippen molar-refractivity contribution in [3.8, 4) is 0 Å². The van der Waals surface area contributed by atoms with Crippen LogP contribution in [0.4, 0.5) is 0 Å². The van der Waals surface area contributed by atoms with Crippen molar-refractivity contribution in [1.82, 2.24) is 4.90 Å². The number of carbonyl (C=O) groups is 2. The molecule has 104 valence electrons. The largest absolute Gasteiger partial charge is 0.466 e. The Kier molecular flexibility index (Phi) is 6.76. The summed E-state index contributed by atoms with van der Waals surface area (Å²) < 4.78 is 4.92. The number of esters is 1. The molecule has 4 nitrogen and oxygen atoms in total.